The van der Waals surface area contributed by atoms with Crippen molar-refractivity contribution in [2.45, 2.75) is 38.6 Å². The van der Waals surface area contributed by atoms with E-state index in [-0.39, 0.29) is 0 Å². The minimum Gasteiger partial charge on any atom is -0.381 e. The molecule has 2 saturated carbocycles. The Kier molecular flexibility index (Phi) is 3.72. The van der Waals surface area contributed by atoms with Gasteiger partial charge in [0.25, 0.3) is 0 Å². The van der Waals surface area contributed by atoms with Crippen LogP contribution < -0.4 is 0 Å². The number of hydrogen-bond donors (Lipinski definition) is 0. The minimum atomic E-state index is 0.448. The molecular weight excluding hydrogens is 260 g/mol. The molecule has 0 bridgehead atoms. The van der Waals surface area contributed by atoms with Gasteiger partial charge in [0, 0.05) is 37.9 Å². The predicted molar refractivity (Wildman–Crippen MR) is 82.8 cm³/mol. The molecular formula is C18H26N2O. The minimum absolute atomic E-state index is 0.448. The topological polar surface area (TPSA) is 25.4 Å². The lowest BCUT2D eigenvalue weighted by Crippen LogP contribution is -2.32. The van der Waals surface area contributed by atoms with Gasteiger partial charge in [-0.3, -0.25) is 9.88 Å². The molecule has 2 heterocycles. The quantitative estimate of drug-likeness (QED) is 0.803. The third-order valence-electron chi connectivity index (χ3n) is 5.66. The molecule has 114 valence electrons. The van der Waals surface area contributed by atoms with Crippen LogP contribution in [0.2, 0.25) is 0 Å². The lowest BCUT2D eigenvalue weighted by Gasteiger charge is -2.28. The van der Waals surface area contributed by atoms with E-state index >= 15 is 0 Å². The van der Waals surface area contributed by atoms with Gasteiger partial charge in [-0.1, -0.05) is 12.5 Å². The summed E-state index contributed by atoms with van der Waals surface area (Å²) in [5.41, 5.74) is 1.65. The van der Waals surface area contributed by atoms with E-state index in [4.69, 9.17) is 4.74 Å². The molecule has 0 unspecified atom stereocenters. The maximum Gasteiger partial charge on any atom is 0.0543 e. The van der Waals surface area contributed by atoms with E-state index in [1.807, 2.05) is 12.3 Å². The highest BCUT2D eigenvalue weighted by Crippen LogP contribution is 2.49. The highest BCUT2D eigenvalue weighted by Gasteiger charge is 2.49. The fraction of sp³-hybridized carbons (Fsp3) is 0.722. The van der Waals surface area contributed by atoms with Crippen molar-refractivity contribution in [3.63, 3.8) is 0 Å². The molecule has 3 heteroatoms. The van der Waals surface area contributed by atoms with Gasteiger partial charge in [0.1, 0.15) is 0 Å². The molecule has 3 nitrogen and oxygen atoms in total. The maximum atomic E-state index is 6.10. The molecule has 0 spiro atoms. The summed E-state index contributed by atoms with van der Waals surface area (Å²) < 4.78 is 6.10. The lowest BCUT2D eigenvalue weighted by atomic mass is 9.81. The molecule has 1 aromatic heterocycles. The average Bonchev–Trinajstić information content (AvgIpc) is 3.13. The zero-order chi connectivity index (χ0) is 14.1. The Bertz CT molecular complexity index is 473. The Hall–Kier alpha value is -0.930. The summed E-state index contributed by atoms with van der Waals surface area (Å²) in [5.74, 6) is 1.73. The van der Waals surface area contributed by atoms with Gasteiger partial charge in [0.05, 0.1) is 12.3 Å². The first kappa shape index (κ1) is 13.7. The fourth-order valence-electron chi connectivity index (χ4n) is 4.32. The number of aromatic nitrogens is 1. The highest BCUT2D eigenvalue weighted by molar-refractivity contribution is 5.06. The Balaban J connectivity index is 1.36. The van der Waals surface area contributed by atoms with E-state index in [0.29, 0.717) is 5.41 Å². The van der Waals surface area contributed by atoms with Crippen LogP contribution in [0.5, 0.6) is 0 Å². The van der Waals surface area contributed by atoms with E-state index in [2.05, 4.69) is 22.0 Å². The molecule has 3 aliphatic rings. The smallest absolute Gasteiger partial charge is 0.0543 e. The van der Waals surface area contributed by atoms with Gasteiger partial charge >= 0.3 is 0 Å². The molecule has 0 amide bonds. The van der Waals surface area contributed by atoms with Gasteiger partial charge in [-0.25, -0.2) is 0 Å². The zero-order valence-corrected chi connectivity index (χ0v) is 12.8. The van der Waals surface area contributed by atoms with Crippen LogP contribution in [0.1, 0.15) is 37.8 Å². The van der Waals surface area contributed by atoms with Gasteiger partial charge < -0.3 is 4.74 Å². The summed E-state index contributed by atoms with van der Waals surface area (Å²) in [7, 11) is 0. The second kappa shape index (κ2) is 5.69. The molecule has 1 aromatic rings. The zero-order valence-electron chi connectivity index (χ0n) is 12.8. The van der Waals surface area contributed by atoms with Crippen molar-refractivity contribution < 1.29 is 4.74 Å². The van der Waals surface area contributed by atoms with Gasteiger partial charge in [0.15, 0.2) is 0 Å². The number of rotatable bonds is 6. The molecule has 4 rings (SSSR count). The Morgan fingerprint density at radius 3 is 3.05 bits per heavy atom. The van der Waals surface area contributed by atoms with Gasteiger partial charge in [-0.05, 0) is 49.7 Å². The van der Waals surface area contributed by atoms with Crippen molar-refractivity contribution in [3.05, 3.63) is 30.1 Å². The van der Waals surface area contributed by atoms with Crippen LogP contribution in [0.15, 0.2) is 24.4 Å². The normalized spacial score (nSPS) is 32.5. The summed E-state index contributed by atoms with van der Waals surface area (Å²) in [5, 5.41) is 0. The Morgan fingerprint density at radius 1 is 1.29 bits per heavy atom. The standard InChI is InChI=1S/C18H26N2O/c1-2-9-19-17(5-1)11-20-10-16-4-3-8-18(16,13-20)14-21-12-15-6-7-15/h1-2,5,9,15-16H,3-4,6-8,10-14H2/t16-,18+/m0/s1. The van der Waals surface area contributed by atoms with Crippen LogP contribution in [-0.2, 0) is 11.3 Å². The van der Waals surface area contributed by atoms with Gasteiger partial charge in [-0.2, -0.15) is 0 Å². The predicted octanol–water partition coefficient (Wildman–Crippen LogP) is 3.11. The van der Waals surface area contributed by atoms with E-state index in [9.17, 15) is 0 Å². The van der Waals surface area contributed by atoms with Crippen LogP contribution in [-0.4, -0.2) is 36.2 Å². The van der Waals surface area contributed by atoms with Crippen LogP contribution in [0, 0.1) is 17.3 Å². The molecule has 2 atom stereocenters. The Labute approximate surface area is 127 Å². The van der Waals surface area contributed by atoms with Crippen molar-refractivity contribution in [3.8, 4) is 0 Å². The van der Waals surface area contributed by atoms with Crippen LogP contribution in [0.25, 0.3) is 0 Å². The summed E-state index contributed by atoms with van der Waals surface area (Å²) >= 11 is 0. The van der Waals surface area contributed by atoms with Crippen molar-refractivity contribution in [2.24, 2.45) is 17.3 Å². The van der Waals surface area contributed by atoms with E-state index < -0.39 is 0 Å². The van der Waals surface area contributed by atoms with Gasteiger partial charge in [-0.15, -0.1) is 0 Å². The summed E-state index contributed by atoms with van der Waals surface area (Å²) in [6, 6.07) is 6.23. The SMILES string of the molecule is c1ccc(CN2C[C@@H]3CCC[C@]3(COCC3CC3)C2)nc1. The van der Waals surface area contributed by atoms with E-state index in [0.717, 1.165) is 31.6 Å². The van der Waals surface area contributed by atoms with E-state index in [1.165, 1.54) is 50.9 Å². The van der Waals surface area contributed by atoms with Crippen LogP contribution in [0.4, 0.5) is 0 Å². The fourth-order valence-corrected chi connectivity index (χ4v) is 4.32. The number of hydrogen-bond acceptors (Lipinski definition) is 3. The summed E-state index contributed by atoms with van der Waals surface area (Å²) in [6.07, 6.45) is 8.84. The van der Waals surface area contributed by atoms with Crippen molar-refractivity contribution in [1.82, 2.24) is 9.88 Å². The number of likely N-dealkylation sites (tertiary alicyclic amines) is 1. The molecule has 21 heavy (non-hydrogen) atoms. The second-order valence-corrected chi connectivity index (χ2v) is 7.40. The molecule has 0 aromatic carbocycles. The molecule has 1 aliphatic heterocycles. The van der Waals surface area contributed by atoms with Crippen molar-refractivity contribution in [2.75, 3.05) is 26.3 Å². The molecule has 2 aliphatic carbocycles. The molecule has 1 saturated heterocycles. The maximum absolute atomic E-state index is 6.10. The molecule has 0 N–H and O–H groups in total. The monoisotopic (exact) mass is 286 g/mol. The summed E-state index contributed by atoms with van der Waals surface area (Å²) in [6.45, 7) is 5.45. The average molecular weight is 286 g/mol. The molecule has 0 radical (unpaired) electrons. The molecule has 3 fully saturated rings. The summed E-state index contributed by atoms with van der Waals surface area (Å²) in [4.78, 5) is 7.08. The number of pyridine rings is 1. The first-order valence-electron chi connectivity index (χ1n) is 8.54. The largest absolute Gasteiger partial charge is 0.381 e. The lowest BCUT2D eigenvalue weighted by molar-refractivity contribution is 0.0309. The third-order valence-corrected chi connectivity index (χ3v) is 5.66. The second-order valence-electron chi connectivity index (χ2n) is 7.40. The van der Waals surface area contributed by atoms with E-state index in [1.54, 1.807) is 0 Å². The van der Waals surface area contributed by atoms with Gasteiger partial charge in [0.2, 0.25) is 0 Å². The highest BCUT2D eigenvalue weighted by atomic mass is 16.5. The van der Waals surface area contributed by atoms with Crippen molar-refractivity contribution >= 4 is 0 Å². The first-order chi connectivity index (χ1) is 10.3. The Morgan fingerprint density at radius 2 is 2.24 bits per heavy atom. The number of nitrogens with zero attached hydrogens (tertiary/aromatic N) is 2. The van der Waals surface area contributed by atoms with Crippen molar-refractivity contribution in [1.29, 1.82) is 0 Å². The number of fused-ring (bicyclic) bond motifs is 1. The van der Waals surface area contributed by atoms with Crippen LogP contribution in [0.3, 0.4) is 0 Å². The van der Waals surface area contributed by atoms with Crippen LogP contribution >= 0.6 is 0 Å². The first-order valence-corrected chi connectivity index (χ1v) is 8.54. The third kappa shape index (κ3) is 3.00. The number of ether oxygens (including phenoxy) is 1.